The number of rotatable bonds is 6. The van der Waals surface area contributed by atoms with Crippen molar-refractivity contribution in [2.75, 3.05) is 0 Å². The van der Waals surface area contributed by atoms with Crippen LogP contribution in [0, 0.1) is 0 Å². The summed E-state index contributed by atoms with van der Waals surface area (Å²) >= 11 is 0. The molecule has 0 aliphatic rings. The van der Waals surface area contributed by atoms with Crippen molar-refractivity contribution in [1.29, 1.82) is 0 Å². The number of carboxylic acids is 1. The van der Waals surface area contributed by atoms with Gasteiger partial charge in [0.15, 0.2) is 0 Å². The molecule has 2 rings (SSSR count). The molecular weight excluding hydrogens is 280 g/mol. The third-order valence-corrected chi connectivity index (χ3v) is 2.91. The Balaban J connectivity index is 2.31. The fourth-order valence-electron chi connectivity index (χ4n) is 1.84. The number of aliphatic carboxylic acids is 1. The molecule has 0 heterocycles. The average molecular weight is 295 g/mol. The Morgan fingerprint density at radius 2 is 1.36 bits per heavy atom. The maximum Gasteiger partial charge on any atom is 0.303 e. The molecule has 22 heavy (non-hydrogen) atoms. The molecule has 1 N–H and O–H groups in total. The predicted octanol–water partition coefficient (Wildman–Crippen LogP) is 2.06. The SMILES string of the molecule is O=C(O)CCC([O-])=NN=C(c1ccccc1)c1ccccc1. The number of carboxylic acid groups (broad SMARTS) is 1. The predicted molar refractivity (Wildman–Crippen MR) is 82.8 cm³/mol. The lowest BCUT2D eigenvalue weighted by Crippen LogP contribution is -2.18. The van der Waals surface area contributed by atoms with E-state index in [9.17, 15) is 9.90 Å². The smallest absolute Gasteiger partial charge is 0.303 e. The van der Waals surface area contributed by atoms with Crippen molar-refractivity contribution in [1.82, 2.24) is 0 Å². The van der Waals surface area contributed by atoms with Gasteiger partial charge in [0.05, 0.1) is 0 Å². The van der Waals surface area contributed by atoms with Crippen LogP contribution >= 0.6 is 0 Å². The van der Waals surface area contributed by atoms with Gasteiger partial charge in [0.25, 0.3) is 0 Å². The van der Waals surface area contributed by atoms with Gasteiger partial charge in [-0.2, -0.15) is 10.2 Å². The van der Waals surface area contributed by atoms with Gasteiger partial charge in [0, 0.05) is 17.5 Å². The van der Waals surface area contributed by atoms with E-state index < -0.39 is 11.9 Å². The van der Waals surface area contributed by atoms with Crippen LogP contribution in [-0.2, 0) is 4.79 Å². The van der Waals surface area contributed by atoms with Gasteiger partial charge in [0.2, 0.25) is 0 Å². The van der Waals surface area contributed by atoms with Gasteiger partial charge >= 0.3 is 5.97 Å². The van der Waals surface area contributed by atoms with E-state index >= 15 is 0 Å². The molecule has 5 heteroatoms. The van der Waals surface area contributed by atoms with Crippen LogP contribution in [-0.4, -0.2) is 22.7 Å². The van der Waals surface area contributed by atoms with Crippen LogP contribution in [0.4, 0.5) is 0 Å². The van der Waals surface area contributed by atoms with E-state index in [1.54, 1.807) is 0 Å². The van der Waals surface area contributed by atoms with Gasteiger partial charge in [-0.3, -0.25) is 4.79 Å². The molecule has 0 bridgehead atoms. The summed E-state index contributed by atoms with van der Waals surface area (Å²) in [6, 6.07) is 18.8. The maximum absolute atomic E-state index is 11.6. The van der Waals surface area contributed by atoms with E-state index in [1.165, 1.54) is 0 Å². The second-order valence-electron chi connectivity index (χ2n) is 4.57. The summed E-state index contributed by atoms with van der Waals surface area (Å²) in [5.74, 6) is -1.58. The highest BCUT2D eigenvalue weighted by Gasteiger charge is 2.05. The lowest BCUT2D eigenvalue weighted by atomic mass is 10.0. The lowest BCUT2D eigenvalue weighted by Gasteiger charge is -2.08. The molecule has 0 aromatic heterocycles. The molecule has 0 saturated carbocycles. The number of carbonyl (C=O) groups is 1. The molecule has 0 aliphatic heterocycles. The summed E-state index contributed by atoms with van der Waals surface area (Å²) < 4.78 is 0. The Morgan fingerprint density at radius 3 is 1.82 bits per heavy atom. The van der Waals surface area contributed by atoms with Crippen molar-refractivity contribution >= 4 is 17.6 Å². The normalized spacial score (nSPS) is 11.0. The van der Waals surface area contributed by atoms with Crippen molar-refractivity contribution in [3.8, 4) is 0 Å². The zero-order chi connectivity index (χ0) is 15.8. The Hall–Kier alpha value is -2.95. The minimum Gasteiger partial charge on any atom is -0.860 e. The number of hydrogen-bond donors (Lipinski definition) is 1. The topological polar surface area (TPSA) is 85.1 Å². The van der Waals surface area contributed by atoms with Gasteiger partial charge in [-0.15, -0.1) is 0 Å². The molecule has 5 nitrogen and oxygen atoms in total. The van der Waals surface area contributed by atoms with E-state index in [-0.39, 0.29) is 12.8 Å². The van der Waals surface area contributed by atoms with Crippen molar-refractivity contribution < 1.29 is 15.0 Å². The minimum atomic E-state index is -1.03. The maximum atomic E-state index is 11.6. The molecule has 112 valence electrons. The van der Waals surface area contributed by atoms with E-state index in [2.05, 4.69) is 10.2 Å². The van der Waals surface area contributed by atoms with Gasteiger partial charge < -0.3 is 10.2 Å². The van der Waals surface area contributed by atoms with Crippen molar-refractivity contribution in [3.63, 3.8) is 0 Å². The van der Waals surface area contributed by atoms with Gasteiger partial charge in [0.1, 0.15) is 5.71 Å². The van der Waals surface area contributed by atoms with Gasteiger partial charge in [-0.05, 0) is 12.3 Å². The molecule has 2 aromatic rings. The molecule has 0 unspecified atom stereocenters. The minimum absolute atomic E-state index is 0.157. The van der Waals surface area contributed by atoms with Crippen LogP contribution in [0.15, 0.2) is 70.9 Å². The Labute approximate surface area is 128 Å². The third kappa shape index (κ3) is 4.56. The molecule has 0 aliphatic carbocycles. The van der Waals surface area contributed by atoms with Crippen LogP contribution in [0.5, 0.6) is 0 Å². The molecule has 0 spiro atoms. The Bertz CT molecular complexity index is 638. The second kappa shape index (κ2) is 7.73. The van der Waals surface area contributed by atoms with Crippen molar-refractivity contribution in [2.45, 2.75) is 12.8 Å². The fourth-order valence-corrected chi connectivity index (χ4v) is 1.84. The molecular formula is C17H15N2O3-. The highest BCUT2D eigenvalue weighted by molar-refractivity contribution is 6.12. The average Bonchev–Trinajstić information content (AvgIpc) is 2.55. The molecule has 0 fully saturated rings. The summed E-state index contributed by atoms with van der Waals surface area (Å²) in [6.07, 6.45) is -0.403. The summed E-state index contributed by atoms with van der Waals surface area (Å²) in [6.45, 7) is 0. The van der Waals surface area contributed by atoms with Crippen LogP contribution < -0.4 is 5.11 Å². The first-order valence-corrected chi connectivity index (χ1v) is 6.81. The zero-order valence-electron chi connectivity index (χ0n) is 11.8. The highest BCUT2D eigenvalue weighted by atomic mass is 16.4. The molecule has 0 atom stereocenters. The largest absolute Gasteiger partial charge is 0.860 e. The first-order valence-electron chi connectivity index (χ1n) is 6.81. The molecule has 0 saturated heterocycles. The quantitative estimate of drug-likeness (QED) is 0.503. The summed E-state index contributed by atoms with van der Waals surface area (Å²) in [5, 5.41) is 27.8. The van der Waals surface area contributed by atoms with E-state index in [1.807, 2.05) is 60.7 Å². The first kappa shape index (κ1) is 15.4. The van der Waals surface area contributed by atoms with Crippen LogP contribution in [0.3, 0.4) is 0 Å². The lowest BCUT2D eigenvalue weighted by molar-refractivity contribution is -0.219. The molecule has 0 radical (unpaired) electrons. The van der Waals surface area contributed by atoms with Crippen LogP contribution in [0.1, 0.15) is 24.0 Å². The Kier molecular flexibility index (Phi) is 5.43. The zero-order valence-corrected chi connectivity index (χ0v) is 11.8. The van der Waals surface area contributed by atoms with Crippen molar-refractivity contribution in [2.24, 2.45) is 10.2 Å². The second-order valence-corrected chi connectivity index (χ2v) is 4.57. The number of nitrogens with zero attached hydrogens (tertiary/aromatic N) is 2. The van der Waals surface area contributed by atoms with E-state index in [0.29, 0.717) is 5.71 Å². The Morgan fingerprint density at radius 1 is 0.864 bits per heavy atom. The summed E-state index contributed by atoms with van der Waals surface area (Å²) in [5.41, 5.74) is 2.25. The standard InChI is InChI=1S/C17H16N2O3/c20-15(11-12-16(21)22)18-19-17(13-7-3-1-4-8-13)14-9-5-2-6-10-14/h1-10H,11-12H2,(H,18,20)(H,21,22)/p-1. The van der Waals surface area contributed by atoms with Gasteiger partial charge in [-0.25, -0.2) is 0 Å². The number of hydrogen-bond acceptors (Lipinski definition) is 4. The molecule has 0 amide bonds. The van der Waals surface area contributed by atoms with E-state index in [4.69, 9.17) is 5.11 Å². The van der Waals surface area contributed by atoms with Crippen LogP contribution in [0.2, 0.25) is 0 Å². The van der Waals surface area contributed by atoms with Crippen LogP contribution in [0.25, 0.3) is 0 Å². The third-order valence-electron chi connectivity index (χ3n) is 2.91. The van der Waals surface area contributed by atoms with Crippen molar-refractivity contribution in [3.05, 3.63) is 71.8 Å². The monoisotopic (exact) mass is 295 g/mol. The summed E-state index contributed by atoms with van der Waals surface area (Å²) in [7, 11) is 0. The fraction of sp³-hybridized carbons (Fsp3) is 0.118. The van der Waals surface area contributed by atoms with Gasteiger partial charge in [-0.1, -0.05) is 60.7 Å². The molecule has 2 aromatic carbocycles. The number of benzene rings is 2. The first-order chi connectivity index (χ1) is 10.7. The highest BCUT2D eigenvalue weighted by Crippen LogP contribution is 2.11. The summed E-state index contributed by atoms with van der Waals surface area (Å²) in [4.78, 5) is 10.5. The van der Waals surface area contributed by atoms with E-state index in [0.717, 1.165) is 11.1 Å².